The first-order chi connectivity index (χ1) is 11.7. The number of aliphatic hydroxyl groups is 1. The van der Waals surface area contributed by atoms with Crippen LogP contribution < -0.4 is 10.3 Å². The predicted octanol–water partition coefficient (Wildman–Crippen LogP) is 1.71. The van der Waals surface area contributed by atoms with Crippen molar-refractivity contribution in [3.05, 3.63) is 70.6 Å². The van der Waals surface area contributed by atoms with Gasteiger partial charge in [0.25, 0.3) is 5.56 Å². The van der Waals surface area contributed by atoms with Crippen LogP contribution in [0.25, 0.3) is 10.8 Å². The largest absolute Gasteiger partial charge is 0.491 e. The summed E-state index contributed by atoms with van der Waals surface area (Å²) >= 11 is 0. The van der Waals surface area contributed by atoms with E-state index in [0.29, 0.717) is 16.7 Å². The summed E-state index contributed by atoms with van der Waals surface area (Å²) in [5.41, 5.74) is 0.292. The van der Waals surface area contributed by atoms with Gasteiger partial charge in [0, 0.05) is 5.39 Å². The van der Waals surface area contributed by atoms with Gasteiger partial charge in [-0.15, -0.1) is 0 Å². The van der Waals surface area contributed by atoms with Gasteiger partial charge in [-0.3, -0.25) is 4.79 Å². The normalized spacial score (nSPS) is 11.8. The first kappa shape index (κ1) is 15.7. The Balaban J connectivity index is 1.66. The van der Waals surface area contributed by atoms with Crippen LogP contribution in [0.4, 0.5) is 0 Å². The maximum Gasteiger partial charge on any atom is 0.274 e. The van der Waals surface area contributed by atoms with E-state index in [0.717, 1.165) is 5.39 Å². The van der Waals surface area contributed by atoms with Crippen molar-refractivity contribution in [1.29, 1.82) is 5.26 Å². The number of rotatable bonds is 5. The molecule has 0 aliphatic heterocycles. The van der Waals surface area contributed by atoms with Gasteiger partial charge in [-0.05, 0) is 30.3 Å². The van der Waals surface area contributed by atoms with E-state index in [1.807, 2.05) is 18.2 Å². The van der Waals surface area contributed by atoms with Gasteiger partial charge in [0.2, 0.25) is 0 Å². The predicted molar refractivity (Wildman–Crippen MR) is 88.7 cm³/mol. The molecule has 0 aliphatic rings. The van der Waals surface area contributed by atoms with Gasteiger partial charge in [-0.25, -0.2) is 4.68 Å². The van der Waals surface area contributed by atoms with E-state index in [-0.39, 0.29) is 18.7 Å². The topological polar surface area (TPSA) is 88.1 Å². The van der Waals surface area contributed by atoms with Gasteiger partial charge in [0.05, 0.1) is 29.8 Å². The molecule has 0 bridgehead atoms. The highest BCUT2D eigenvalue weighted by Crippen LogP contribution is 2.12. The van der Waals surface area contributed by atoms with Crippen LogP contribution in [0.2, 0.25) is 0 Å². The van der Waals surface area contributed by atoms with Gasteiger partial charge in [0.1, 0.15) is 18.5 Å². The van der Waals surface area contributed by atoms with Crippen LogP contribution in [0.5, 0.6) is 5.75 Å². The fourth-order valence-electron chi connectivity index (χ4n) is 2.33. The average Bonchev–Trinajstić information content (AvgIpc) is 2.63. The minimum atomic E-state index is -0.882. The van der Waals surface area contributed by atoms with Gasteiger partial charge in [0.15, 0.2) is 0 Å². The van der Waals surface area contributed by atoms with Crippen LogP contribution in [-0.4, -0.2) is 27.6 Å². The molecule has 1 atom stereocenters. The Labute approximate surface area is 138 Å². The van der Waals surface area contributed by atoms with Crippen molar-refractivity contribution < 1.29 is 9.84 Å². The molecule has 0 saturated heterocycles. The molecule has 1 heterocycles. The molecule has 2 aromatic carbocycles. The third-order valence-electron chi connectivity index (χ3n) is 3.57. The molecule has 0 aliphatic carbocycles. The van der Waals surface area contributed by atoms with E-state index in [2.05, 4.69) is 5.10 Å². The number of aliphatic hydroxyl groups excluding tert-OH is 1. The summed E-state index contributed by atoms with van der Waals surface area (Å²) in [4.78, 5) is 12.3. The number of nitriles is 1. The lowest BCUT2D eigenvalue weighted by Crippen LogP contribution is -2.31. The number of aromatic nitrogens is 2. The van der Waals surface area contributed by atoms with Crippen LogP contribution in [0.3, 0.4) is 0 Å². The quantitative estimate of drug-likeness (QED) is 0.773. The third kappa shape index (κ3) is 3.42. The highest BCUT2D eigenvalue weighted by molar-refractivity contribution is 5.80. The molecule has 1 unspecified atom stereocenters. The zero-order valence-corrected chi connectivity index (χ0v) is 12.8. The summed E-state index contributed by atoms with van der Waals surface area (Å²) in [6.45, 7) is 0.0623. The SMILES string of the molecule is N#Cc1ccc(OCC(O)Cn2ncc3ccccc3c2=O)cc1. The van der Waals surface area contributed by atoms with Crippen molar-refractivity contribution in [2.45, 2.75) is 12.6 Å². The zero-order valence-electron chi connectivity index (χ0n) is 12.8. The first-order valence-electron chi connectivity index (χ1n) is 7.43. The summed E-state index contributed by atoms with van der Waals surface area (Å²) < 4.78 is 6.70. The van der Waals surface area contributed by atoms with E-state index in [1.54, 1.807) is 42.6 Å². The lowest BCUT2D eigenvalue weighted by Gasteiger charge is -2.13. The maximum atomic E-state index is 12.3. The summed E-state index contributed by atoms with van der Waals surface area (Å²) in [5, 5.41) is 24.2. The van der Waals surface area contributed by atoms with E-state index >= 15 is 0 Å². The fraction of sp³-hybridized carbons (Fsp3) is 0.167. The summed E-state index contributed by atoms with van der Waals surface area (Å²) in [6.07, 6.45) is 0.720. The molecule has 0 radical (unpaired) electrons. The van der Waals surface area contributed by atoms with Gasteiger partial charge < -0.3 is 9.84 Å². The highest BCUT2D eigenvalue weighted by atomic mass is 16.5. The van der Waals surface area contributed by atoms with Gasteiger partial charge >= 0.3 is 0 Å². The van der Waals surface area contributed by atoms with E-state index in [9.17, 15) is 9.90 Å². The number of fused-ring (bicyclic) bond motifs is 1. The number of nitrogens with zero attached hydrogens (tertiary/aromatic N) is 3. The lowest BCUT2D eigenvalue weighted by molar-refractivity contribution is 0.0881. The molecule has 0 saturated carbocycles. The van der Waals surface area contributed by atoms with Crippen molar-refractivity contribution in [2.75, 3.05) is 6.61 Å². The van der Waals surface area contributed by atoms with Gasteiger partial charge in [-0.2, -0.15) is 10.4 Å². The van der Waals surface area contributed by atoms with Crippen LogP contribution in [0.1, 0.15) is 5.56 Å². The minimum Gasteiger partial charge on any atom is -0.491 e. The molecule has 6 nitrogen and oxygen atoms in total. The Bertz CT molecular complexity index is 942. The molecule has 6 heteroatoms. The third-order valence-corrected chi connectivity index (χ3v) is 3.57. The van der Waals surface area contributed by atoms with Crippen LogP contribution in [0.15, 0.2) is 59.5 Å². The van der Waals surface area contributed by atoms with Crippen molar-refractivity contribution in [3.8, 4) is 11.8 Å². The van der Waals surface area contributed by atoms with Crippen LogP contribution >= 0.6 is 0 Å². The standard InChI is InChI=1S/C18H15N3O3/c19-9-13-5-7-16(8-6-13)24-12-15(22)11-21-18(23)17-4-2-1-3-14(17)10-20-21/h1-8,10,15,22H,11-12H2. The van der Waals surface area contributed by atoms with E-state index in [1.165, 1.54) is 4.68 Å². The molecule has 120 valence electrons. The highest BCUT2D eigenvalue weighted by Gasteiger charge is 2.10. The first-order valence-corrected chi connectivity index (χ1v) is 7.43. The molecule has 1 N–H and O–H groups in total. The Morgan fingerprint density at radius 3 is 2.71 bits per heavy atom. The van der Waals surface area contributed by atoms with Crippen molar-refractivity contribution in [1.82, 2.24) is 9.78 Å². The molecule has 3 rings (SSSR count). The molecule has 0 fully saturated rings. The molecule has 3 aromatic rings. The van der Waals surface area contributed by atoms with Crippen molar-refractivity contribution in [2.24, 2.45) is 0 Å². The average molecular weight is 321 g/mol. The van der Waals surface area contributed by atoms with Crippen LogP contribution in [0, 0.1) is 11.3 Å². The van der Waals surface area contributed by atoms with E-state index < -0.39 is 6.10 Å². The Hall–Kier alpha value is -3.17. The number of hydrogen-bond donors (Lipinski definition) is 1. The second-order valence-corrected chi connectivity index (χ2v) is 5.32. The zero-order chi connectivity index (χ0) is 16.9. The maximum absolute atomic E-state index is 12.3. The number of hydrogen-bond acceptors (Lipinski definition) is 5. The Morgan fingerprint density at radius 1 is 1.21 bits per heavy atom. The summed E-state index contributed by atoms with van der Waals surface area (Å²) in [5.74, 6) is 0.548. The Kier molecular flexibility index (Phi) is 4.54. The molecular formula is C18H15N3O3. The smallest absolute Gasteiger partial charge is 0.274 e. The fourth-order valence-corrected chi connectivity index (χ4v) is 2.33. The number of ether oxygens (including phenoxy) is 1. The molecule has 0 amide bonds. The molecule has 0 spiro atoms. The second-order valence-electron chi connectivity index (χ2n) is 5.32. The Morgan fingerprint density at radius 2 is 1.96 bits per heavy atom. The lowest BCUT2D eigenvalue weighted by atomic mass is 10.2. The van der Waals surface area contributed by atoms with Gasteiger partial charge in [-0.1, -0.05) is 18.2 Å². The van der Waals surface area contributed by atoms with E-state index in [4.69, 9.17) is 10.00 Å². The molecular weight excluding hydrogens is 306 g/mol. The monoisotopic (exact) mass is 321 g/mol. The van der Waals surface area contributed by atoms with Crippen LogP contribution in [-0.2, 0) is 6.54 Å². The second kappa shape index (κ2) is 6.94. The van der Waals surface area contributed by atoms with Crippen molar-refractivity contribution >= 4 is 10.8 Å². The minimum absolute atomic E-state index is 0.0207. The molecule has 1 aromatic heterocycles. The summed E-state index contributed by atoms with van der Waals surface area (Å²) in [6, 6.07) is 15.8. The number of benzene rings is 2. The molecule has 24 heavy (non-hydrogen) atoms. The summed E-state index contributed by atoms with van der Waals surface area (Å²) in [7, 11) is 0. The van der Waals surface area contributed by atoms with Crippen molar-refractivity contribution in [3.63, 3.8) is 0 Å².